The summed E-state index contributed by atoms with van der Waals surface area (Å²) >= 11 is 1.70. The summed E-state index contributed by atoms with van der Waals surface area (Å²) in [7, 11) is 1.36. The monoisotopic (exact) mass is 253 g/mol. The van der Waals surface area contributed by atoms with Crippen molar-refractivity contribution in [1.29, 1.82) is 0 Å². The van der Waals surface area contributed by atoms with Gasteiger partial charge in [0.05, 0.1) is 7.11 Å². The van der Waals surface area contributed by atoms with Gasteiger partial charge in [0.1, 0.15) is 5.54 Å². The average Bonchev–Trinajstić information content (AvgIpc) is 2.27. The molecule has 0 heterocycles. The van der Waals surface area contributed by atoms with Crippen molar-refractivity contribution < 1.29 is 9.53 Å². The van der Waals surface area contributed by atoms with E-state index in [1.807, 2.05) is 6.07 Å². The van der Waals surface area contributed by atoms with Crippen LogP contribution in [-0.4, -0.2) is 24.4 Å². The summed E-state index contributed by atoms with van der Waals surface area (Å²) in [5, 5.41) is 0. The highest BCUT2D eigenvalue weighted by Gasteiger charge is 2.28. The van der Waals surface area contributed by atoms with Crippen LogP contribution in [0.15, 0.2) is 29.2 Å². The van der Waals surface area contributed by atoms with Crippen LogP contribution >= 0.6 is 11.8 Å². The first-order valence-electron chi connectivity index (χ1n) is 5.52. The van der Waals surface area contributed by atoms with Crippen LogP contribution in [0.2, 0.25) is 0 Å². The fourth-order valence-electron chi connectivity index (χ4n) is 1.42. The molecule has 1 atom stereocenters. The summed E-state index contributed by atoms with van der Waals surface area (Å²) in [5.74, 6) is 0.438. The quantitative estimate of drug-likeness (QED) is 0.646. The van der Waals surface area contributed by atoms with Gasteiger partial charge in [-0.2, -0.15) is 0 Å². The molecule has 1 unspecified atom stereocenters. The Hall–Kier alpha value is -1.00. The predicted molar refractivity (Wildman–Crippen MR) is 71.1 cm³/mol. The fraction of sp³-hybridized carbons (Fsp3) is 0.462. The Morgan fingerprint density at radius 2 is 2.24 bits per heavy atom. The number of thioether (sulfide) groups is 1. The third kappa shape index (κ3) is 4.40. The van der Waals surface area contributed by atoms with Crippen LogP contribution < -0.4 is 5.73 Å². The maximum Gasteiger partial charge on any atom is 0.325 e. The molecule has 0 spiro atoms. The molecule has 0 fully saturated rings. The summed E-state index contributed by atoms with van der Waals surface area (Å²) < 4.78 is 4.66. The molecule has 0 amide bonds. The normalized spacial score (nSPS) is 14.1. The van der Waals surface area contributed by atoms with E-state index in [2.05, 4.69) is 29.9 Å². The third-order valence-corrected chi connectivity index (χ3v) is 3.53. The van der Waals surface area contributed by atoms with E-state index in [9.17, 15) is 4.79 Å². The van der Waals surface area contributed by atoms with Gasteiger partial charge < -0.3 is 10.5 Å². The van der Waals surface area contributed by atoms with Crippen molar-refractivity contribution in [2.24, 2.45) is 5.73 Å². The minimum Gasteiger partial charge on any atom is -0.468 e. The number of rotatable bonds is 5. The van der Waals surface area contributed by atoms with E-state index < -0.39 is 5.54 Å². The SMILES string of the molecule is COC(=O)C(C)(N)CCSc1cccc(C)c1. The number of esters is 1. The van der Waals surface area contributed by atoms with Crippen LogP contribution in [-0.2, 0) is 9.53 Å². The molecular formula is C13H19NO2S. The Balaban J connectivity index is 2.45. The smallest absolute Gasteiger partial charge is 0.325 e. The van der Waals surface area contributed by atoms with E-state index in [4.69, 9.17) is 5.73 Å². The number of nitrogens with two attached hydrogens (primary N) is 1. The van der Waals surface area contributed by atoms with Gasteiger partial charge in [0.25, 0.3) is 0 Å². The second-order valence-corrected chi connectivity index (χ2v) is 5.49. The Kier molecular flexibility index (Phi) is 5.02. The highest BCUT2D eigenvalue weighted by Crippen LogP contribution is 2.22. The molecule has 0 saturated heterocycles. The van der Waals surface area contributed by atoms with E-state index in [1.165, 1.54) is 17.6 Å². The largest absolute Gasteiger partial charge is 0.468 e. The highest BCUT2D eigenvalue weighted by atomic mass is 32.2. The fourth-order valence-corrected chi connectivity index (χ4v) is 2.63. The van der Waals surface area contributed by atoms with Gasteiger partial charge in [-0.05, 0) is 32.4 Å². The van der Waals surface area contributed by atoms with Crippen molar-refractivity contribution in [3.8, 4) is 0 Å². The highest BCUT2D eigenvalue weighted by molar-refractivity contribution is 7.99. The van der Waals surface area contributed by atoms with Gasteiger partial charge in [0.2, 0.25) is 0 Å². The zero-order valence-corrected chi connectivity index (χ0v) is 11.3. The molecule has 0 aliphatic rings. The van der Waals surface area contributed by atoms with Crippen LogP contribution in [0, 0.1) is 6.92 Å². The van der Waals surface area contributed by atoms with Gasteiger partial charge in [0.15, 0.2) is 0 Å². The number of hydrogen-bond donors (Lipinski definition) is 1. The zero-order valence-electron chi connectivity index (χ0n) is 10.5. The standard InChI is InChI=1S/C13H19NO2S/c1-10-5-4-6-11(9-10)17-8-7-13(2,14)12(15)16-3/h4-6,9H,7-8,14H2,1-3H3. The van der Waals surface area contributed by atoms with Gasteiger partial charge in [-0.15, -0.1) is 11.8 Å². The molecule has 0 radical (unpaired) electrons. The Labute approximate surface area is 107 Å². The van der Waals surface area contributed by atoms with E-state index in [0.29, 0.717) is 6.42 Å². The molecule has 2 N–H and O–H groups in total. The number of aryl methyl sites for hydroxylation is 1. The second-order valence-electron chi connectivity index (χ2n) is 4.32. The molecule has 3 nitrogen and oxygen atoms in total. The van der Waals surface area contributed by atoms with Gasteiger partial charge in [-0.3, -0.25) is 4.79 Å². The minimum atomic E-state index is -0.897. The zero-order chi connectivity index (χ0) is 12.9. The topological polar surface area (TPSA) is 52.3 Å². The number of methoxy groups -OCH3 is 1. The lowest BCUT2D eigenvalue weighted by molar-refractivity contribution is -0.146. The van der Waals surface area contributed by atoms with Gasteiger partial charge in [-0.25, -0.2) is 0 Å². The number of ether oxygens (including phenoxy) is 1. The molecule has 4 heteroatoms. The van der Waals surface area contributed by atoms with Gasteiger partial charge >= 0.3 is 5.97 Å². The maximum absolute atomic E-state index is 11.4. The lowest BCUT2D eigenvalue weighted by atomic mass is 10.0. The van der Waals surface area contributed by atoms with Gasteiger partial charge in [-0.1, -0.05) is 17.7 Å². The first kappa shape index (κ1) is 14.1. The predicted octanol–water partition coefficient (Wildman–Crippen LogP) is 2.37. The van der Waals surface area contributed by atoms with Crippen molar-refractivity contribution in [2.75, 3.05) is 12.9 Å². The molecule has 0 saturated carbocycles. The van der Waals surface area contributed by atoms with E-state index in [0.717, 1.165) is 5.75 Å². The molecular weight excluding hydrogens is 234 g/mol. The average molecular weight is 253 g/mol. The van der Waals surface area contributed by atoms with E-state index in [-0.39, 0.29) is 5.97 Å². The molecule has 0 bridgehead atoms. The van der Waals surface area contributed by atoms with E-state index in [1.54, 1.807) is 18.7 Å². The Morgan fingerprint density at radius 3 is 2.82 bits per heavy atom. The van der Waals surface area contributed by atoms with Crippen LogP contribution in [0.4, 0.5) is 0 Å². The Morgan fingerprint density at radius 1 is 1.53 bits per heavy atom. The number of carbonyl (C=O) groups excluding carboxylic acids is 1. The molecule has 0 aliphatic carbocycles. The molecule has 1 aromatic rings. The second kappa shape index (κ2) is 6.07. The summed E-state index contributed by atoms with van der Waals surface area (Å²) in [5.41, 5.74) is 6.21. The maximum atomic E-state index is 11.4. The molecule has 17 heavy (non-hydrogen) atoms. The van der Waals surface area contributed by atoms with Crippen molar-refractivity contribution in [3.63, 3.8) is 0 Å². The number of carbonyl (C=O) groups is 1. The van der Waals surface area contributed by atoms with Gasteiger partial charge in [0, 0.05) is 10.6 Å². The molecule has 0 aliphatic heterocycles. The molecule has 1 rings (SSSR count). The van der Waals surface area contributed by atoms with Crippen molar-refractivity contribution in [2.45, 2.75) is 30.7 Å². The summed E-state index contributed by atoms with van der Waals surface area (Å²) in [6.45, 7) is 3.77. The number of benzene rings is 1. The summed E-state index contributed by atoms with van der Waals surface area (Å²) in [4.78, 5) is 12.6. The molecule has 0 aromatic heterocycles. The Bertz CT molecular complexity index is 391. The van der Waals surface area contributed by atoms with Crippen molar-refractivity contribution in [3.05, 3.63) is 29.8 Å². The first-order valence-corrected chi connectivity index (χ1v) is 6.51. The lowest BCUT2D eigenvalue weighted by Crippen LogP contribution is -2.46. The molecule has 1 aromatic carbocycles. The number of hydrogen-bond acceptors (Lipinski definition) is 4. The van der Waals surface area contributed by atoms with Crippen LogP contribution in [0.5, 0.6) is 0 Å². The van der Waals surface area contributed by atoms with Crippen LogP contribution in [0.3, 0.4) is 0 Å². The van der Waals surface area contributed by atoms with Crippen molar-refractivity contribution in [1.82, 2.24) is 0 Å². The van der Waals surface area contributed by atoms with Crippen LogP contribution in [0.25, 0.3) is 0 Å². The summed E-state index contributed by atoms with van der Waals surface area (Å²) in [6, 6.07) is 8.27. The third-order valence-electron chi connectivity index (χ3n) is 2.53. The molecule has 94 valence electrons. The van der Waals surface area contributed by atoms with Crippen molar-refractivity contribution >= 4 is 17.7 Å². The first-order chi connectivity index (χ1) is 7.95. The van der Waals surface area contributed by atoms with Crippen LogP contribution in [0.1, 0.15) is 18.9 Å². The van der Waals surface area contributed by atoms with E-state index >= 15 is 0 Å². The lowest BCUT2D eigenvalue weighted by Gasteiger charge is -2.20. The summed E-state index contributed by atoms with van der Waals surface area (Å²) in [6.07, 6.45) is 0.596. The minimum absolute atomic E-state index is 0.359.